The Kier molecular flexibility index (Phi) is 5.30. The first-order valence-electron chi connectivity index (χ1n) is 9.90. The summed E-state index contributed by atoms with van der Waals surface area (Å²) in [4.78, 5) is 4.50. The Morgan fingerprint density at radius 3 is 2.23 bits per heavy atom. The molecule has 0 amide bonds. The lowest BCUT2D eigenvalue weighted by atomic mass is 9.72. The maximum absolute atomic E-state index is 10.3. The van der Waals surface area contributed by atoms with E-state index in [-0.39, 0.29) is 39.1 Å². The van der Waals surface area contributed by atoms with Crippen LogP contribution < -0.4 is 16.4 Å². The molecule has 0 spiro atoms. The summed E-state index contributed by atoms with van der Waals surface area (Å²) in [6, 6.07) is 4.06. The lowest BCUT2D eigenvalue weighted by Gasteiger charge is -2.47. The molecule has 2 N–H and O–H groups in total. The lowest BCUT2D eigenvalue weighted by molar-refractivity contribution is 0.122. The van der Waals surface area contributed by atoms with Crippen molar-refractivity contribution in [3.8, 4) is 22.8 Å². The average Bonchev–Trinajstić information content (AvgIpc) is 2.70. The van der Waals surface area contributed by atoms with E-state index >= 15 is 0 Å². The molecule has 0 atom stereocenters. The smallest absolute Gasteiger partial charge is 0.120 e. The number of phenols is 2. The van der Waals surface area contributed by atoms with Crippen LogP contribution in [0.5, 0.6) is 11.5 Å². The van der Waals surface area contributed by atoms with Crippen LogP contribution >= 0.6 is 0 Å². The summed E-state index contributed by atoms with van der Waals surface area (Å²) in [6.45, 7) is 10.7. The normalized spacial score (nSPS) is 17.3. The van der Waals surface area contributed by atoms with Crippen LogP contribution in [0.1, 0.15) is 25.0 Å². The topological polar surface area (TPSA) is 72.7 Å². The number of rotatable bonds is 4. The van der Waals surface area contributed by atoms with Gasteiger partial charge in [-0.3, -0.25) is 0 Å². The fourth-order valence-corrected chi connectivity index (χ4v) is 3.94. The number of piperazine rings is 1. The molecular formula is C21H21B3N4O2. The molecule has 1 saturated carbocycles. The highest BCUT2D eigenvalue weighted by molar-refractivity contribution is 6.54. The molecule has 6 nitrogen and oxygen atoms in total. The van der Waals surface area contributed by atoms with E-state index in [0.717, 1.165) is 30.2 Å². The monoisotopic (exact) mass is 394 g/mol. The van der Waals surface area contributed by atoms with Crippen molar-refractivity contribution < 1.29 is 10.2 Å². The quantitative estimate of drug-likeness (QED) is 0.545. The molecule has 1 aliphatic heterocycles. The summed E-state index contributed by atoms with van der Waals surface area (Å²) in [5.74, 6) is -0.716. The van der Waals surface area contributed by atoms with E-state index in [1.54, 1.807) is 12.1 Å². The fourth-order valence-electron chi connectivity index (χ4n) is 3.94. The number of hydrogen-bond acceptors (Lipinski definition) is 6. The maximum Gasteiger partial charge on any atom is 0.120 e. The van der Waals surface area contributed by atoms with Gasteiger partial charge >= 0.3 is 0 Å². The van der Waals surface area contributed by atoms with E-state index in [2.05, 4.69) is 33.2 Å². The Morgan fingerprint density at radius 1 is 0.933 bits per heavy atom. The summed E-state index contributed by atoms with van der Waals surface area (Å²) in [5, 5.41) is 28.8. The molecule has 0 bridgehead atoms. The van der Waals surface area contributed by atoms with Crippen LogP contribution in [0.2, 0.25) is 0 Å². The van der Waals surface area contributed by atoms with E-state index in [4.69, 9.17) is 23.5 Å². The van der Waals surface area contributed by atoms with Gasteiger partial charge in [0.25, 0.3) is 0 Å². The molecule has 2 heterocycles. The van der Waals surface area contributed by atoms with Gasteiger partial charge in [0.15, 0.2) is 0 Å². The third kappa shape index (κ3) is 3.36. The van der Waals surface area contributed by atoms with Gasteiger partial charge in [-0.1, -0.05) is 24.1 Å². The number of aromatic hydroxyl groups is 2. The zero-order chi connectivity index (χ0) is 21.6. The summed E-state index contributed by atoms with van der Waals surface area (Å²) in [6.07, 6.45) is 3.73. The van der Waals surface area contributed by atoms with Gasteiger partial charge in [0, 0.05) is 24.7 Å². The van der Waals surface area contributed by atoms with Crippen LogP contribution in [-0.2, 0) is 6.54 Å². The SMILES string of the molecule is [B]c1c([B])c(O)c(-c2ccc(CN3CCN(C4CCC4)C(=C)C3=C)nn2)c([B])c1O. The number of phenolic OH excluding ortho intramolecular Hbond substituents is 2. The predicted molar refractivity (Wildman–Crippen MR) is 120 cm³/mol. The number of aromatic nitrogens is 2. The Balaban J connectivity index is 1.51. The fraction of sp³-hybridized carbons (Fsp3) is 0.333. The Morgan fingerprint density at radius 2 is 1.63 bits per heavy atom. The summed E-state index contributed by atoms with van der Waals surface area (Å²) >= 11 is 0. The van der Waals surface area contributed by atoms with Crippen molar-refractivity contribution in [3.05, 3.63) is 42.4 Å². The second-order valence-corrected chi connectivity index (χ2v) is 7.82. The molecular weight excluding hydrogens is 373 g/mol. The summed E-state index contributed by atoms with van der Waals surface area (Å²) < 4.78 is 0. The van der Waals surface area contributed by atoms with Crippen LogP contribution in [0.25, 0.3) is 11.3 Å². The van der Waals surface area contributed by atoms with Crippen molar-refractivity contribution in [3.63, 3.8) is 0 Å². The van der Waals surface area contributed by atoms with E-state index in [0.29, 0.717) is 12.6 Å². The molecule has 9 heteroatoms. The van der Waals surface area contributed by atoms with Crippen molar-refractivity contribution in [2.24, 2.45) is 0 Å². The molecule has 6 radical (unpaired) electrons. The molecule has 2 fully saturated rings. The molecule has 1 aromatic heterocycles. The first kappa shape index (κ1) is 20.4. The highest BCUT2D eigenvalue weighted by atomic mass is 16.3. The first-order valence-corrected chi connectivity index (χ1v) is 9.90. The highest BCUT2D eigenvalue weighted by Crippen LogP contribution is 2.33. The standard InChI is InChI=1S/C21H21B3N4O2/c1-11-12(2)28(14-4-3-5-14)9-8-27(11)10-13-6-7-15(26-25-13)16-17(22)21(30)19(24)18(23)20(16)29/h6-7,14,29-30H,1-5,8-10H2. The summed E-state index contributed by atoms with van der Waals surface area (Å²) in [7, 11) is 17.3. The van der Waals surface area contributed by atoms with Crippen molar-refractivity contribution in [1.82, 2.24) is 20.0 Å². The van der Waals surface area contributed by atoms with Crippen molar-refractivity contribution >= 4 is 39.9 Å². The summed E-state index contributed by atoms with van der Waals surface area (Å²) in [5.41, 5.74) is 2.57. The van der Waals surface area contributed by atoms with Crippen LogP contribution in [0.3, 0.4) is 0 Å². The molecule has 1 aromatic carbocycles. The minimum absolute atomic E-state index is 0.0990. The van der Waals surface area contributed by atoms with Gasteiger partial charge in [-0.25, -0.2) is 0 Å². The zero-order valence-corrected chi connectivity index (χ0v) is 16.8. The number of benzene rings is 1. The molecule has 1 aliphatic carbocycles. The van der Waals surface area contributed by atoms with E-state index in [9.17, 15) is 10.2 Å². The molecule has 2 aliphatic rings. The minimum Gasteiger partial charge on any atom is -0.509 e. The van der Waals surface area contributed by atoms with Crippen LogP contribution in [0.4, 0.5) is 0 Å². The molecule has 146 valence electrons. The van der Waals surface area contributed by atoms with Gasteiger partial charge in [-0.2, -0.15) is 10.2 Å². The van der Waals surface area contributed by atoms with Crippen LogP contribution in [0, 0.1) is 0 Å². The Hall–Kier alpha value is -2.83. The lowest BCUT2D eigenvalue weighted by Crippen LogP contribution is -2.48. The van der Waals surface area contributed by atoms with Gasteiger partial charge < -0.3 is 20.0 Å². The number of hydrogen-bond donors (Lipinski definition) is 2. The van der Waals surface area contributed by atoms with Crippen molar-refractivity contribution in [1.29, 1.82) is 0 Å². The average molecular weight is 394 g/mol. The number of nitrogens with zero attached hydrogens (tertiary/aromatic N) is 4. The largest absolute Gasteiger partial charge is 0.509 e. The molecule has 2 aromatic rings. The van der Waals surface area contributed by atoms with Gasteiger partial charge in [-0.05, 0) is 36.9 Å². The third-order valence-electron chi connectivity index (χ3n) is 6.08. The Bertz CT molecular complexity index is 993. The van der Waals surface area contributed by atoms with E-state index in [1.165, 1.54) is 19.3 Å². The maximum atomic E-state index is 10.3. The van der Waals surface area contributed by atoms with Gasteiger partial charge in [-0.15, -0.1) is 0 Å². The Labute approximate surface area is 180 Å². The molecule has 1 saturated heterocycles. The molecule has 30 heavy (non-hydrogen) atoms. The third-order valence-corrected chi connectivity index (χ3v) is 6.08. The predicted octanol–water partition coefficient (Wildman–Crippen LogP) is -0.366. The van der Waals surface area contributed by atoms with Crippen molar-refractivity contribution in [2.75, 3.05) is 13.1 Å². The highest BCUT2D eigenvalue weighted by Gasteiger charge is 2.31. The van der Waals surface area contributed by atoms with Gasteiger partial charge in [0.05, 0.1) is 29.3 Å². The zero-order valence-electron chi connectivity index (χ0n) is 16.8. The second-order valence-electron chi connectivity index (χ2n) is 7.82. The van der Waals surface area contributed by atoms with Gasteiger partial charge in [0.2, 0.25) is 0 Å². The van der Waals surface area contributed by atoms with Gasteiger partial charge in [0.1, 0.15) is 35.0 Å². The second kappa shape index (κ2) is 7.78. The van der Waals surface area contributed by atoms with Crippen molar-refractivity contribution in [2.45, 2.75) is 31.8 Å². The molecule has 4 rings (SSSR count). The van der Waals surface area contributed by atoms with E-state index in [1.807, 2.05) is 0 Å². The van der Waals surface area contributed by atoms with Crippen LogP contribution in [-0.4, -0.2) is 72.9 Å². The minimum atomic E-state index is -0.384. The molecule has 0 unspecified atom stereocenters. The van der Waals surface area contributed by atoms with Crippen LogP contribution in [0.15, 0.2) is 36.7 Å². The van der Waals surface area contributed by atoms with E-state index < -0.39 is 0 Å². The first-order chi connectivity index (χ1) is 14.3.